The molecule has 19 heavy (non-hydrogen) atoms. The van der Waals surface area contributed by atoms with Gasteiger partial charge in [0.1, 0.15) is 5.75 Å². The lowest BCUT2D eigenvalue weighted by Crippen LogP contribution is -2.32. The summed E-state index contributed by atoms with van der Waals surface area (Å²) >= 11 is 0. The Balaban J connectivity index is 1.85. The van der Waals surface area contributed by atoms with Crippen LogP contribution in [0.4, 0.5) is 0 Å². The maximum atomic E-state index is 11.8. The summed E-state index contributed by atoms with van der Waals surface area (Å²) in [6.45, 7) is 3.58. The highest BCUT2D eigenvalue weighted by molar-refractivity contribution is 5.95. The fraction of sp³-hybridized carbons (Fsp3) is 0.467. The lowest BCUT2D eigenvalue weighted by molar-refractivity contribution is -0.132. The Morgan fingerprint density at radius 2 is 1.79 bits per heavy atom. The molecule has 1 saturated heterocycles. The summed E-state index contributed by atoms with van der Waals surface area (Å²) in [5, 5.41) is 0. The third kappa shape index (κ3) is 3.56. The molecule has 1 aromatic carbocycles. The summed E-state index contributed by atoms with van der Waals surface area (Å²) in [6.07, 6.45) is 2.66. The summed E-state index contributed by atoms with van der Waals surface area (Å²) in [5.74, 6) is 0.770. The summed E-state index contributed by atoms with van der Waals surface area (Å²) in [6, 6.07) is 6.95. The lowest BCUT2D eigenvalue weighted by Gasteiger charge is -2.15. The van der Waals surface area contributed by atoms with Crippen molar-refractivity contribution in [1.82, 2.24) is 4.90 Å². The summed E-state index contributed by atoms with van der Waals surface area (Å²) in [4.78, 5) is 25.1. The first-order valence-electron chi connectivity index (χ1n) is 6.74. The minimum atomic E-state index is 0.0335. The van der Waals surface area contributed by atoms with E-state index < -0.39 is 0 Å². The molecule has 0 saturated carbocycles. The second-order valence-electron chi connectivity index (χ2n) is 4.68. The third-order valence-electron chi connectivity index (χ3n) is 3.32. The number of ether oxygens (including phenoxy) is 1. The van der Waals surface area contributed by atoms with E-state index >= 15 is 0 Å². The second kappa shape index (κ2) is 6.36. The van der Waals surface area contributed by atoms with Gasteiger partial charge in [-0.2, -0.15) is 0 Å². The minimum absolute atomic E-state index is 0.0335. The molecular formula is C15H19NO3. The third-order valence-corrected chi connectivity index (χ3v) is 3.32. The average molecular weight is 261 g/mol. The zero-order valence-electron chi connectivity index (χ0n) is 11.2. The molecule has 4 nitrogen and oxygen atoms in total. The van der Waals surface area contributed by atoms with Gasteiger partial charge in [-0.1, -0.05) is 6.92 Å². The fourth-order valence-corrected chi connectivity index (χ4v) is 2.14. The van der Waals surface area contributed by atoms with Crippen LogP contribution in [-0.2, 0) is 4.79 Å². The number of Topliss-reactive ketones (excluding diaryl/α,β-unsaturated/α-hetero) is 1. The molecule has 1 aliphatic heterocycles. The molecule has 0 radical (unpaired) electrons. The molecule has 0 unspecified atom stereocenters. The molecular weight excluding hydrogens is 242 g/mol. The molecule has 0 N–H and O–H groups in total. The number of hydrogen-bond donors (Lipinski definition) is 0. The monoisotopic (exact) mass is 261 g/mol. The van der Waals surface area contributed by atoms with Crippen molar-refractivity contribution in [2.75, 3.05) is 19.7 Å². The number of hydrogen-bond acceptors (Lipinski definition) is 3. The highest BCUT2D eigenvalue weighted by Crippen LogP contribution is 2.14. The number of ketones is 1. The molecule has 4 heteroatoms. The van der Waals surface area contributed by atoms with Crippen molar-refractivity contribution in [2.24, 2.45) is 0 Å². The minimum Gasteiger partial charge on any atom is -0.484 e. The number of rotatable bonds is 5. The van der Waals surface area contributed by atoms with Gasteiger partial charge in [-0.3, -0.25) is 9.59 Å². The molecule has 1 aromatic rings. The van der Waals surface area contributed by atoms with E-state index in [1.54, 1.807) is 24.3 Å². The van der Waals surface area contributed by atoms with Crippen LogP contribution in [0.5, 0.6) is 5.75 Å². The van der Waals surface area contributed by atoms with Crippen molar-refractivity contribution < 1.29 is 14.3 Å². The van der Waals surface area contributed by atoms with Crippen molar-refractivity contribution >= 4 is 11.7 Å². The summed E-state index contributed by atoms with van der Waals surface area (Å²) < 4.78 is 5.45. The first-order valence-corrected chi connectivity index (χ1v) is 6.74. The Kier molecular flexibility index (Phi) is 4.55. The van der Waals surface area contributed by atoms with Crippen LogP contribution in [0.2, 0.25) is 0 Å². The van der Waals surface area contributed by atoms with E-state index in [0.29, 0.717) is 17.7 Å². The molecule has 2 rings (SSSR count). The number of carbonyl (C=O) groups excluding carboxylic acids is 2. The Morgan fingerprint density at radius 1 is 1.16 bits per heavy atom. The Bertz CT molecular complexity index is 447. The maximum Gasteiger partial charge on any atom is 0.260 e. The van der Waals surface area contributed by atoms with E-state index in [1.165, 1.54) is 0 Å². The van der Waals surface area contributed by atoms with Crippen LogP contribution in [0, 0.1) is 0 Å². The van der Waals surface area contributed by atoms with Crippen molar-refractivity contribution in [3.05, 3.63) is 29.8 Å². The van der Waals surface area contributed by atoms with E-state index in [9.17, 15) is 9.59 Å². The normalized spacial score (nSPS) is 14.5. The quantitative estimate of drug-likeness (QED) is 0.764. The maximum absolute atomic E-state index is 11.8. The molecule has 1 fully saturated rings. The van der Waals surface area contributed by atoms with Gasteiger partial charge in [0.25, 0.3) is 5.91 Å². The highest BCUT2D eigenvalue weighted by atomic mass is 16.5. The van der Waals surface area contributed by atoms with Crippen LogP contribution < -0.4 is 4.74 Å². The molecule has 0 atom stereocenters. The van der Waals surface area contributed by atoms with Crippen LogP contribution in [0.15, 0.2) is 24.3 Å². The molecule has 0 bridgehead atoms. The standard InChI is InChI=1S/C15H19NO3/c1-2-14(17)12-5-7-13(8-6-12)19-11-15(18)16-9-3-4-10-16/h5-8H,2-4,9-11H2,1H3. The highest BCUT2D eigenvalue weighted by Gasteiger charge is 2.18. The van der Waals surface area contributed by atoms with E-state index in [4.69, 9.17) is 4.74 Å². The average Bonchev–Trinajstić information content (AvgIpc) is 2.98. The van der Waals surface area contributed by atoms with Crippen LogP contribution in [0.3, 0.4) is 0 Å². The number of amides is 1. The van der Waals surface area contributed by atoms with Crippen LogP contribution >= 0.6 is 0 Å². The summed E-state index contributed by atoms with van der Waals surface area (Å²) in [5.41, 5.74) is 0.681. The zero-order valence-corrected chi connectivity index (χ0v) is 11.2. The van der Waals surface area contributed by atoms with Gasteiger partial charge in [0, 0.05) is 25.1 Å². The van der Waals surface area contributed by atoms with Gasteiger partial charge in [0.2, 0.25) is 0 Å². The molecule has 0 aromatic heterocycles. The largest absolute Gasteiger partial charge is 0.484 e. The summed E-state index contributed by atoms with van der Waals surface area (Å²) in [7, 11) is 0. The predicted molar refractivity (Wildman–Crippen MR) is 72.4 cm³/mol. The van der Waals surface area contributed by atoms with Crippen LogP contribution in [-0.4, -0.2) is 36.3 Å². The number of carbonyl (C=O) groups is 2. The van der Waals surface area contributed by atoms with Crippen molar-refractivity contribution in [3.63, 3.8) is 0 Å². The number of nitrogens with zero attached hydrogens (tertiary/aromatic N) is 1. The van der Waals surface area contributed by atoms with Gasteiger partial charge in [-0.05, 0) is 37.1 Å². The number of likely N-dealkylation sites (tertiary alicyclic amines) is 1. The van der Waals surface area contributed by atoms with Gasteiger partial charge >= 0.3 is 0 Å². The fourth-order valence-electron chi connectivity index (χ4n) is 2.14. The zero-order chi connectivity index (χ0) is 13.7. The first-order chi connectivity index (χ1) is 9.20. The molecule has 0 spiro atoms. The van der Waals surface area contributed by atoms with Crippen molar-refractivity contribution in [2.45, 2.75) is 26.2 Å². The van der Waals surface area contributed by atoms with Gasteiger partial charge in [-0.15, -0.1) is 0 Å². The molecule has 1 amide bonds. The van der Waals surface area contributed by atoms with Gasteiger partial charge in [-0.25, -0.2) is 0 Å². The van der Waals surface area contributed by atoms with Gasteiger partial charge in [0.05, 0.1) is 0 Å². The smallest absolute Gasteiger partial charge is 0.260 e. The predicted octanol–water partition coefficient (Wildman–Crippen LogP) is 2.28. The van der Waals surface area contributed by atoms with Crippen LogP contribution in [0.1, 0.15) is 36.5 Å². The Labute approximate surface area is 113 Å². The van der Waals surface area contributed by atoms with E-state index in [0.717, 1.165) is 25.9 Å². The van der Waals surface area contributed by atoms with Gasteiger partial charge < -0.3 is 9.64 Å². The first kappa shape index (κ1) is 13.6. The Morgan fingerprint density at radius 3 is 2.37 bits per heavy atom. The number of benzene rings is 1. The Hall–Kier alpha value is -1.84. The SMILES string of the molecule is CCC(=O)c1ccc(OCC(=O)N2CCCC2)cc1. The molecule has 0 aliphatic carbocycles. The molecule has 102 valence electrons. The topological polar surface area (TPSA) is 46.6 Å². The molecule has 1 aliphatic rings. The van der Waals surface area contributed by atoms with Crippen LogP contribution in [0.25, 0.3) is 0 Å². The lowest BCUT2D eigenvalue weighted by atomic mass is 10.1. The second-order valence-corrected chi connectivity index (χ2v) is 4.68. The molecule has 1 heterocycles. The van der Waals surface area contributed by atoms with Crippen molar-refractivity contribution in [1.29, 1.82) is 0 Å². The van der Waals surface area contributed by atoms with Gasteiger partial charge in [0.15, 0.2) is 12.4 Å². The van der Waals surface area contributed by atoms with Crippen molar-refractivity contribution in [3.8, 4) is 5.75 Å². The van der Waals surface area contributed by atoms with E-state index in [2.05, 4.69) is 0 Å². The van der Waals surface area contributed by atoms with E-state index in [1.807, 2.05) is 11.8 Å². The van der Waals surface area contributed by atoms with E-state index in [-0.39, 0.29) is 18.3 Å².